The summed E-state index contributed by atoms with van der Waals surface area (Å²) in [5.41, 5.74) is 17.9. The van der Waals surface area contributed by atoms with Crippen LogP contribution in [0.2, 0.25) is 57.9 Å². The van der Waals surface area contributed by atoms with Gasteiger partial charge in [-0.3, -0.25) is 0 Å². The van der Waals surface area contributed by atoms with Crippen molar-refractivity contribution >= 4 is 78.2 Å². The SMILES string of the molecule is C1CC[OH+]C1.CCCCCCCC[Si](C)(C)c1cc(C)c(OCCCOc2c(C)cc([Si](C)(C)CCCCCCCC)cc2-c2cc(C(C)(C)CC(C)(C)C)cc(-n3c4cc(C(C)(C)C)ccc4c4ccc(C(C)(C)C)cc43)c2O)c(-c2cc(C(C)(C)CC(C)(C)C)cc(-n3c4cc(C(C)(C)C)ccc4c4ccc(C(C)(C)C)cc43)c2O)c1.[CH2-][Si](C)(C)C.[Sc]. The molecule has 0 unspecified atom stereocenters. The second-order valence-corrected chi connectivity index (χ2v) is 62.6. The minimum atomic E-state index is -2.07. The predicted molar refractivity (Wildman–Crippen MR) is 550 cm³/mol. The summed E-state index contributed by atoms with van der Waals surface area (Å²) in [6.07, 6.45) is 20.3. The van der Waals surface area contributed by atoms with E-state index in [1.54, 1.807) is 0 Å². The summed E-state index contributed by atoms with van der Waals surface area (Å²) in [4.78, 5) is 0. The zero-order chi connectivity index (χ0) is 91.3. The number of aromatic nitrogens is 2. The number of hydrogen-bond acceptors (Lipinski definition) is 4. The maximum Gasteiger partial charge on any atom is 0.147 e. The number of rotatable bonds is 30. The van der Waals surface area contributed by atoms with Crippen LogP contribution < -0.4 is 19.8 Å². The fraction of sp³-hybridized carbons (Fsp3) is 0.566. The number of aliphatic hydroxyl groups is 2. The minimum absolute atomic E-state index is 0. The summed E-state index contributed by atoms with van der Waals surface area (Å²) in [6.45, 7) is 84.2. The van der Waals surface area contributed by atoms with Gasteiger partial charge in [0, 0.05) is 88.9 Å². The second kappa shape index (κ2) is 41.0. The van der Waals surface area contributed by atoms with Gasteiger partial charge in [0.05, 0.1) is 62.8 Å². The molecule has 7 nitrogen and oxygen atoms in total. The van der Waals surface area contributed by atoms with Gasteiger partial charge in [-0.05, 0) is 163 Å². The van der Waals surface area contributed by atoms with Gasteiger partial charge < -0.3 is 40.1 Å². The molecule has 11 rings (SSSR count). The number of unbranched alkanes of at least 4 members (excludes halogenated alkanes) is 10. The van der Waals surface area contributed by atoms with Crippen molar-refractivity contribution in [1.29, 1.82) is 0 Å². The fourth-order valence-corrected chi connectivity index (χ4v) is 24.2. The monoisotopic (exact) mass is 1760 g/mol. The Morgan fingerprint density at radius 3 is 0.903 bits per heavy atom. The summed E-state index contributed by atoms with van der Waals surface area (Å²) < 4.78 is 23.8. The van der Waals surface area contributed by atoms with Gasteiger partial charge in [-0.15, -0.1) is 8.07 Å². The van der Waals surface area contributed by atoms with E-state index in [1.165, 1.54) is 167 Å². The van der Waals surface area contributed by atoms with Gasteiger partial charge in [0.2, 0.25) is 0 Å². The summed E-state index contributed by atoms with van der Waals surface area (Å²) in [7, 11) is -5.01. The molecule has 1 fully saturated rings. The van der Waals surface area contributed by atoms with Crippen LogP contribution in [0.1, 0.15) is 320 Å². The van der Waals surface area contributed by atoms with E-state index in [4.69, 9.17) is 9.47 Å². The largest absolute Gasteiger partial charge is 0.505 e. The van der Waals surface area contributed by atoms with E-state index in [9.17, 15) is 10.2 Å². The minimum Gasteiger partial charge on any atom is -0.505 e. The van der Waals surface area contributed by atoms with Gasteiger partial charge in [0.25, 0.3) is 0 Å². The summed E-state index contributed by atoms with van der Waals surface area (Å²) >= 11 is 0. The van der Waals surface area contributed by atoms with Crippen molar-refractivity contribution < 1.29 is 50.3 Å². The molecule has 0 saturated carbocycles. The Balaban J connectivity index is 0.00000163. The van der Waals surface area contributed by atoms with Crippen molar-refractivity contribution in [2.24, 2.45) is 10.8 Å². The Bertz CT molecular complexity index is 4790. The summed E-state index contributed by atoms with van der Waals surface area (Å²) in [5, 5.41) is 35.4. The fourth-order valence-electron chi connectivity index (χ4n) is 19.1. The second-order valence-electron chi connectivity index (χ2n) is 47.8. The molecule has 8 aromatic carbocycles. The first-order valence-corrected chi connectivity index (χ1v) is 58.0. The van der Waals surface area contributed by atoms with Crippen molar-refractivity contribution in [3.8, 4) is 56.6 Å². The number of nitrogens with zero attached hydrogens (tertiary/aromatic N) is 2. The topological polar surface area (TPSA) is 81.6 Å². The number of aryl methyl sites for hydroxylation is 2. The van der Waals surface area contributed by atoms with Crippen LogP contribution in [0, 0.1) is 31.2 Å². The van der Waals surface area contributed by atoms with Crippen LogP contribution in [-0.4, -0.2) is 74.7 Å². The Hall–Kier alpha value is -5.96. The Morgan fingerprint density at radius 1 is 0.363 bits per heavy atom. The van der Waals surface area contributed by atoms with Crippen LogP contribution >= 0.6 is 0 Å². The van der Waals surface area contributed by atoms with Gasteiger partial charge in [-0.1, -0.05) is 384 Å². The van der Waals surface area contributed by atoms with Crippen molar-refractivity contribution in [2.45, 2.75) is 380 Å². The third-order valence-electron chi connectivity index (χ3n) is 25.8. The molecule has 1 saturated heterocycles. The van der Waals surface area contributed by atoms with Crippen molar-refractivity contribution in [3.05, 3.63) is 172 Å². The molecule has 2 aromatic heterocycles. The molecule has 0 spiro atoms. The summed E-state index contributed by atoms with van der Waals surface area (Å²) in [6, 6.07) is 49.5. The first-order valence-electron chi connectivity index (χ1n) is 47.9. The average Bonchev–Trinajstić information content (AvgIpc) is 1.55. The van der Waals surface area contributed by atoms with Crippen molar-refractivity contribution in [2.75, 3.05) is 26.4 Å². The number of aromatic hydroxyl groups is 2. The third-order valence-corrected chi connectivity index (χ3v) is 32.7. The Kier molecular flexibility index (Phi) is 34.2. The normalized spacial score (nSPS) is 13.7. The van der Waals surface area contributed by atoms with E-state index >= 15 is 0 Å². The number of phenolic OH excluding ortho intramolecular Hbond substituents is 2. The molecular weight excluding hydrogens is 1590 g/mol. The van der Waals surface area contributed by atoms with E-state index in [2.05, 4.69) is 368 Å². The standard InChI is InChI=1S/C105H150N2O4Si2.C4H8O.C4H11Si.Sc/c1-31-33-35-37-39-41-54-112(27,28)78-56-70(3)96(86(66-78)84-58-76(104(23,24)68-98(5,6)7)64-92(94(84)108)106-88-60-72(100(11,12)13)44-48-80(88)81-49-45-73(61-89(81)106)101(14,15)16)110-52-43-53-111-97-71(4)57-79(113(29,30)55-42-40-38-36-34-32-2)67-87(97)85-59-77(105(25,26)69-99(8,9)10)65-93(95(85)109)107-90-62-74(102(17,18)19)46-50-82(90)83-51-47-75(63-91(83)107)103(20,21)22;1-2-4-5-3-1;1-5(2,3)4;/h44-51,56-67,108-109H,31-43,52-55,68-69H2,1-30H3;1-4H2;1H2,2-4H3;/q;;-1;/p+1. The predicted octanol–water partition coefficient (Wildman–Crippen LogP) is 32.3. The van der Waals surface area contributed by atoms with Crippen LogP contribution in [0.4, 0.5) is 0 Å². The molecule has 0 amide bonds. The number of fused-ring (bicyclic) bond motifs is 6. The first kappa shape index (κ1) is 103. The van der Waals surface area contributed by atoms with Crippen LogP contribution in [0.3, 0.4) is 0 Å². The maximum atomic E-state index is 14.0. The van der Waals surface area contributed by atoms with E-state index in [0.717, 1.165) is 104 Å². The van der Waals surface area contributed by atoms with Crippen LogP contribution in [0.5, 0.6) is 23.0 Å². The van der Waals surface area contributed by atoms with E-state index in [1.807, 2.05) is 0 Å². The molecule has 0 aliphatic carbocycles. The number of benzene rings is 8. The van der Waals surface area contributed by atoms with E-state index in [0.29, 0.717) is 19.6 Å². The third kappa shape index (κ3) is 26.4. The van der Waals surface area contributed by atoms with Gasteiger partial charge in [-0.2, -0.15) is 0 Å². The zero-order valence-electron chi connectivity index (χ0n) is 84.6. The molecule has 3 heterocycles. The van der Waals surface area contributed by atoms with Crippen LogP contribution in [0.25, 0.3) is 77.2 Å². The molecular formula is C113H170N2O5ScSi3. The Labute approximate surface area is 777 Å². The van der Waals surface area contributed by atoms with Gasteiger partial charge in [-0.25, -0.2) is 0 Å². The molecule has 0 atom stereocenters. The molecule has 10 aromatic rings. The molecule has 1 radical (unpaired) electrons. The number of phenols is 2. The number of ether oxygens (including phenoxy) is 3. The molecule has 1 aliphatic rings. The molecule has 1 aliphatic heterocycles. The quantitative estimate of drug-likeness (QED) is 0.0203. The van der Waals surface area contributed by atoms with E-state index < -0.39 is 24.2 Å². The molecule has 677 valence electrons. The van der Waals surface area contributed by atoms with E-state index in [-0.39, 0.29) is 80.7 Å². The molecule has 3 N–H and O–H groups in total. The molecule has 0 bridgehead atoms. The average molecular weight is 1770 g/mol. The van der Waals surface area contributed by atoms with Crippen molar-refractivity contribution in [1.82, 2.24) is 9.13 Å². The maximum absolute atomic E-state index is 14.0. The van der Waals surface area contributed by atoms with Crippen molar-refractivity contribution in [3.63, 3.8) is 0 Å². The molecule has 11 heteroatoms. The van der Waals surface area contributed by atoms with Gasteiger partial charge in [0.1, 0.15) is 36.2 Å². The van der Waals surface area contributed by atoms with Gasteiger partial charge in [0.15, 0.2) is 0 Å². The van der Waals surface area contributed by atoms with Gasteiger partial charge >= 0.3 is 0 Å². The first-order chi connectivity index (χ1) is 56.9. The Morgan fingerprint density at radius 2 is 0.645 bits per heavy atom. The van der Waals surface area contributed by atoms with Crippen LogP contribution in [0.15, 0.2) is 121 Å². The number of hydrogen-bond donors (Lipinski definition) is 2. The summed E-state index contributed by atoms with van der Waals surface area (Å²) in [5.74, 6) is 2.12. The smallest absolute Gasteiger partial charge is 0.147 e. The zero-order valence-corrected chi connectivity index (χ0v) is 89.5. The molecule has 124 heavy (non-hydrogen) atoms. The van der Waals surface area contributed by atoms with Crippen LogP contribution in [-0.2, 0) is 58.3 Å².